The van der Waals surface area contributed by atoms with Crippen LogP contribution in [0.4, 0.5) is 8.78 Å². The fourth-order valence-corrected chi connectivity index (χ4v) is 2.51. The maximum Gasteiger partial charge on any atom is 0.173 e. The van der Waals surface area contributed by atoms with E-state index in [2.05, 4.69) is 5.32 Å². The number of halogens is 2. The van der Waals surface area contributed by atoms with Crippen LogP contribution in [0, 0.1) is 5.82 Å². The smallest absolute Gasteiger partial charge is 0.173 e. The lowest BCUT2D eigenvalue weighted by molar-refractivity contribution is 0.194. The Morgan fingerprint density at radius 3 is 2.94 bits per heavy atom. The van der Waals surface area contributed by atoms with Crippen LogP contribution in [0.2, 0.25) is 0 Å². The van der Waals surface area contributed by atoms with Crippen LogP contribution in [0.15, 0.2) is 28.7 Å². The van der Waals surface area contributed by atoms with Crippen molar-refractivity contribution < 1.29 is 13.2 Å². The van der Waals surface area contributed by atoms with Crippen molar-refractivity contribution in [2.45, 2.75) is 31.5 Å². The number of benzene rings is 1. The van der Waals surface area contributed by atoms with Crippen molar-refractivity contribution in [2.24, 2.45) is 0 Å². The normalized spacial score (nSPS) is 22.2. The van der Waals surface area contributed by atoms with E-state index in [4.69, 9.17) is 4.42 Å². The molecule has 1 fully saturated rings. The molecule has 18 heavy (non-hydrogen) atoms. The van der Waals surface area contributed by atoms with Gasteiger partial charge in [0.15, 0.2) is 17.6 Å². The molecule has 1 aliphatic rings. The predicted octanol–water partition coefficient (Wildman–Crippen LogP) is 3.72. The van der Waals surface area contributed by atoms with E-state index in [1.54, 1.807) is 18.2 Å². The van der Waals surface area contributed by atoms with Gasteiger partial charge in [0.25, 0.3) is 0 Å². The number of furan rings is 1. The Kier molecular flexibility index (Phi) is 3.04. The van der Waals surface area contributed by atoms with Gasteiger partial charge in [0.2, 0.25) is 0 Å². The number of hydrogen-bond acceptors (Lipinski definition) is 2. The van der Waals surface area contributed by atoms with Crippen molar-refractivity contribution >= 4 is 11.0 Å². The van der Waals surface area contributed by atoms with Gasteiger partial charge in [0, 0.05) is 11.4 Å². The molecule has 0 spiro atoms. The highest BCUT2D eigenvalue weighted by atomic mass is 19.1. The first-order valence-electron chi connectivity index (χ1n) is 6.31. The van der Waals surface area contributed by atoms with Crippen LogP contribution in [0.25, 0.3) is 11.0 Å². The summed E-state index contributed by atoms with van der Waals surface area (Å²) in [6.07, 6.45) is 1.68. The molecule has 0 bridgehead atoms. The molecular formula is C14H15F2NO. The molecule has 4 heteroatoms. The van der Waals surface area contributed by atoms with Crippen molar-refractivity contribution in [3.63, 3.8) is 0 Å². The number of fused-ring (bicyclic) bond motifs is 1. The lowest BCUT2D eigenvalue weighted by Crippen LogP contribution is -2.37. The van der Waals surface area contributed by atoms with Gasteiger partial charge in [-0.15, -0.1) is 0 Å². The summed E-state index contributed by atoms with van der Waals surface area (Å²) >= 11 is 0. The highest BCUT2D eigenvalue weighted by molar-refractivity contribution is 5.78. The van der Waals surface area contributed by atoms with E-state index in [0.717, 1.165) is 25.8 Å². The van der Waals surface area contributed by atoms with E-state index in [1.165, 1.54) is 6.07 Å². The van der Waals surface area contributed by atoms with Crippen LogP contribution in [-0.2, 0) is 0 Å². The van der Waals surface area contributed by atoms with Crippen LogP contribution in [0.3, 0.4) is 0 Å². The molecule has 2 unspecified atom stereocenters. The molecule has 0 amide bonds. The monoisotopic (exact) mass is 251 g/mol. The van der Waals surface area contributed by atoms with E-state index in [9.17, 15) is 8.78 Å². The van der Waals surface area contributed by atoms with Crippen LogP contribution in [0.5, 0.6) is 0 Å². The summed E-state index contributed by atoms with van der Waals surface area (Å²) in [5.41, 5.74) is 0.144. The third-order valence-electron chi connectivity index (χ3n) is 3.49. The zero-order valence-electron chi connectivity index (χ0n) is 9.96. The summed E-state index contributed by atoms with van der Waals surface area (Å²) in [5.74, 6) is -0.225. The molecule has 2 heterocycles. The largest absolute Gasteiger partial charge is 0.455 e. The van der Waals surface area contributed by atoms with Gasteiger partial charge in [0.1, 0.15) is 5.76 Å². The number of alkyl halides is 1. The summed E-state index contributed by atoms with van der Waals surface area (Å²) in [7, 11) is 0. The molecule has 2 atom stereocenters. The average Bonchev–Trinajstić information content (AvgIpc) is 2.84. The average molecular weight is 251 g/mol. The van der Waals surface area contributed by atoms with Gasteiger partial charge >= 0.3 is 0 Å². The molecule has 3 rings (SSSR count). The third-order valence-corrected chi connectivity index (χ3v) is 3.49. The lowest BCUT2D eigenvalue weighted by atomic mass is 9.99. The minimum atomic E-state index is -1.21. The number of piperidine rings is 1. The summed E-state index contributed by atoms with van der Waals surface area (Å²) in [6.45, 7) is 0.833. The Balaban J connectivity index is 1.91. The second kappa shape index (κ2) is 4.69. The van der Waals surface area contributed by atoms with Crippen molar-refractivity contribution in [1.82, 2.24) is 5.32 Å². The molecule has 0 aliphatic carbocycles. The minimum absolute atomic E-state index is 0.144. The zero-order valence-corrected chi connectivity index (χ0v) is 9.96. The highest BCUT2D eigenvalue weighted by Gasteiger charge is 2.27. The first-order chi connectivity index (χ1) is 8.75. The second-order valence-corrected chi connectivity index (χ2v) is 4.77. The molecule has 1 aliphatic heterocycles. The zero-order chi connectivity index (χ0) is 12.5. The van der Waals surface area contributed by atoms with Gasteiger partial charge in [-0.3, -0.25) is 0 Å². The van der Waals surface area contributed by atoms with Crippen LogP contribution in [0.1, 0.15) is 31.2 Å². The predicted molar refractivity (Wildman–Crippen MR) is 65.7 cm³/mol. The van der Waals surface area contributed by atoms with Gasteiger partial charge in [-0.05, 0) is 31.5 Å². The fourth-order valence-electron chi connectivity index (χ4n) is 2.51. The quantitative estimate of drug-likeness (QED) is 0.879. The first kappa shape index (κ1) is 11.7. The molecular weight excluding hydrogens is 236 g/mol. The standard InChI is InChI=1S/C14H15F2NO/c15-10-5-3-4-9-8-12(18-14(9)10)13(16)11-6-1-2-7-17-11/h3-5,8,11,13,17H,1-2,6-7H2. The van der Waals surface area contributed by atoms with Gasteiger partial charge in [-0.25, -0.2) is 8.78 Å². The number of para-hydroxylation sites is 1. The Hall–Kier alpha value is -1.42. The summed E-state index contributed by atoms with van der Waals surface area (Å²) in [4.78, 5) is 0. The minimum Gasteiger partial charge on any atom is -0.455 e. The van der Waals surface area contributed by atoms with Crippen LogP contribution in [-0.4, -0.2) is 12.6 Å². The summed E-state index contributed by atoms with van der Waals surface area (Å²) < 4.78 is 33.1. The first-order valence-corrected chi connectivity index (χ1v) is 6.31. The van der Waals surface area contributed by atoms with Crippen LogP contribution >= 0.6 is 0 Å². The number of hydrogen-bond donors (Lipinski definition) is 1. The van der Waals surface area contributed by atoms with E-state index in [0.29, 0.717) is 5.39 Å². The highest BCUT2D eigenvalue weighted by Crippen LogP contribution is 2.31. The molecule has 1 N–H and O–H groups in total. The topological polar surface area (TPSA) is 25.2 Å². The molecule has 1 aromatic carbocycles. The molecule has 1 saturated heterocycles. The van der Waals surface area contributed by atoms with Crippen LogP contribution < -0.4 is 5.32 Å². The Bertz CT molecular complexity index is 546. The number of nitrogens with one attached hydrogen (secondary N) is 1. The van der Waals surface area contributed by atoms with E-state index >= 15 is 0 Å². The Morgan fingerprint density at radius 1 is 1.33 bits per heavy atom. The molecule has 96 valence electrons. The van der Waals surface area contributed by atoms with E-state index in [1.807, 2.05) is 0 Å². The van der Waals surface area contributed by atoms with Gasteiger partial charge in [0.05, 0.1) is 0 Å². The number of rotatable bonds is 2. The molecule has 1 aromatic heterocycles. The summed E-state index contributed by atoms with van der Waals surface area (Å²) in [6, 6.07) is 6.03. The van der Waals surface area contributed by atoms with Gasteiger partial charge in [-0.2, -0.15) is 0 Å². The summed E-state index contributed by atoms with van der Waals surface area (Å²) in [5, 5.41) is 3.76. The molecule has 2 nitrogen and oxygen atoms in total. The van der Waals surface area contributed by atoms with E-state index < -0.39 is 12.0 Å². The van der Waals surface area contributed by atoms with E-state index in [-0.39, 0.29) is 17.4 Å². The SMILES string of the molecule is Fc1cccc2cc(C(F)C3CCCCN3)oc12. The second-order valence-electron chi connectivity index (χ2n) is 4.77. The lowest BCUT2D eigenvalue weighted by Gasteiger charge is -2.25. The van der Waals surface area contributed by atoms with Crippen molar-refractivity contribution in [2.75, 3.05) is 6.54 Å². The maximum absolute atomic E-state index is 14.3. The fraction of sp³-hybridized carbons (Fsp3) is 0.429. The molecule has 0 radical (unpaired) electrons. The van der Waals surface area contributed by atoms with Crippen molar-refractivity contribution in [1.29, 1.82) is 0 Å². The Labute approximate surface area is 104 Å². The Morgan fingerprint density at radius 2 is 2.22 bits per heavy atom. The van der Waals surface area contributed by atoms with Crippen molar-refractivity contribution in [3.8, 4) is 0 Å². The molecule has 2 aromatic rings. The van der Waals surface area contributed by atoms with Crippen molar-refractivity contribution in [3.05, 3.63) is 35.8 Å². The maximum atomic E-state index is 14.3. The van der Waals surface area contributed by atoms with Gasteiger partial charge in [-0.1, -0.05) is 18.6 Å². The van der Waals surface area contributed by atoms with Gasteiger partial charge < -0.3 is 9.73 Å². The molecule has 0 saturated carbocycles. The third kappa shape index (κ3) is 2.01.